The molecule has 1 heterocycles. The highest BCUT2D eigenvalue weighted by Crippen LogP contribution is 2.43. The number of benzene rings is 1. The normalized spacial score (nSPS) is 14.2. The fourth-order valence-electron chi connectivity index (χ4n) is 3.41. The zero-order valence-corrected chi connectivity index (χ0v) is 14.5. The second-order valence-electron chi connectivity index (χ2n) is 6.36. The number of primary amides is 1. The Labute approximate surface area is 142 Å². The molecule has 0 radical (unpaired) electrons. The van der Waals surface area contributed by atoms with Crippen molar-refractivity contribution in [3.63, 3.8) is 0 Å². The van der Waals surface area contributed by atoms with Crippen LogP contribution in [-0.4, -0.2) is 10.5 Å². The maximum atomic E-state index is 12.1. The molecule has 122 valence electrons. The number of halogens is 1. The van der Waals surface area contributed by atoms with Gasteiger partial charge in [0, 0.05) is 28.0 Å². The van der Waals surface area contributed by atoms with Crippen molar-refractivity contribution in [1.82, 2.24) is 4.57 Å². The Morgan fingerprint density at radius 1 is 1.30 bits per heavy atom. The molecule has 1 aromatic heterocycles. The van der Waals surface area contributed by atoms with Crippen LogP contribution in [0.2, 0.25) is 5.02 Å². The molecular formula is C19H23ClN2O. The van der Waals surface area contributed by atoms with Gasteiger partial charge in [0.15, 0.2) is 0 Å². The first-order chi connectivity index (χ1) is 11.0. The van der Waals surface area contributed by atoms with Crippen LogP contribution in [0.25, 0.3) is 11.1 Å². The van der Waals surface area contributed by atoms with Crippen molar-refractivity contribution >= 4 is 17.5 Å². The molecule has 1 aromatic carbocycles. The van der Waals surface area contributed by atoms with Gasteiger partial charge in [-0.05, 0) is 50.3 Å². The number of hydrogen-bond acceptors (Lipinski definition) is 1. The van der Waals surface area contributed by atoms with Gasteiger partial charge in [0.05, 0.1) is 5.56 Å². The Morgan fingerprint density at radius 3 is 2.48 bits per heavy atom. The fraction of sp³-hybridized carbons (Fsp3) is 0.421. The minimum absolute atomic E-state index is 0.343. The molecule has 0 aliphatic heterocycles. The Morgan fingerprint density at radius 2 is 1.96 bits per heavy atom. The van der Waals surface area contributed by atoms with Crippen molar-refractivity contribution < 1.29 is 4.79 Å². The van der Waals surface area contributed by atoms with Crippen LogP contribution in [-0.2, 0) is 6.42 Å². The van der Waals surface area contributed by atoms with Gasteiger partial charge in [0.2, 0.25) is 0 Å². The van der Waals surface area contributed by atoms with E-state index in [4.69, 9.17) is 17.3 Å². The minimum Gasteiger partial charge on any atom is -0.366 e. The zero-order valence-electron chi connectivity index (χ0n) is 13.7. The summed E-state index contributed by atoms with van der Waals surface area (Å²) in [5, 5.41) is 0.697. The summed E-state index contributed by atoms with van der Waals surface area (Å²) in [6.45, 7) is 4.21. The molecular weight excluding hydrogens is 308 g/mol. The molecule has 23 heavy (non-hydrogen) atoms. The zero-order chi connectivity index (χ0) is 16.6. The summed E-state index contributed by atoms with van der Waals surface area (Å²) in [7, 11) is 0. The van der Waals surface area contributed by atoms with E-state index in [0.717, 1.165) is 36.1 Å². The van der Waals surface area contributed by atoms with E-state index < -0.39 is 0 Å². The van der Waals surface area contributed by atoms with Gasteiger partial charge in [-0.2, -0.15) is 0 Å². The average molecular weight is 331 g/mol. The second-order valence-corrected chi connectivity index (χ2v) is 6.79. The molecule has 3 nitrogen and oxygen atoms in total. The molecule has 2 aromatic rings. The van der Waals surface area contributed by atoms with Crippen molar-refractivity contribution in [3.05, 3.63) is 46.2 Å². The predicted molar refractivity (Wildman–Crippen MR) is 95.0 cm³/mol. The molecule has 0 atom stereocenters. The molecule has 1 aliphatic rings. The van der Waals surface area contributed by atoms with Crippen LogP contribution in [0.1, 0.15) is 60.4 Å². The van der Waals surface area contributed by atoms with Crippen molar-refractivity contribution in [2.45, 2.75) is 52.0 Å². The first-order valence-corrected chi connectivity index (χ1v) is 8.71. The first kappa shape index (κ1) is 16.1. The van der Waals surface area contributed by atoms with E-state index in [9.17, 15) is 4.79 Å². The van der Waals surface area contributed by atoms with Gasteiger partial charge in [-0.3, -0.25) is 4.79 Å². The summed E-state index contributed by atoms with van der Waals surface area (Å²) in [6.07, 6.45) is 5.58. The van der Waals surface area contributed by atoms with Crippen LogP contribution in [0.3, 0.4) is 0 Å². The van der Waals surface area contributed by atoms with Crippen molar-refractivity contribution in [3.8, 4) is 11.1 Å². The van der Waals surface area contributed by atoms with Crippen molar-refractivity contribution in [1.29, 1.82) is 0 Å². The maximum absolute atomic E-state index is 12.1. The second kappa shape index (κ2) is 6.40. The Kier molecular flexibility index (Phi) is 4.49. The van der Waals surface area contributed by atoms with Crippen molar-refractivity contribution in [2.24, 2.45) is 5.73 Å². The van der Waals surface area contributed by atoms with E-state index in [1.807, 2.05) is 31.2 Å². The third-order valence-electron chi connectivity index (χ3n) is 4.61. The van der Waals surface area contributed by atoms with Crippen LogP contribution >= 0.6 is 11.6 Å². The first-order valence-electron chi connectivity index (χ1n) is 8.34. The summed E-state index contributed by atoms with van der Waals surface area (Å²) in [4.78, 5) is 12.1. The van der Waals surface area contributed by atoms with Crippen molar-refractivity contribution in [2.75, 3.05) is 0 Å². The number of hydrogen-bond donors (Lipinski definition) is 1. The Hall–Kier alpha value is -1.74. The molecule has 0 unspecified atom stereocenters. The highest BCUT2D eigenvalue weighted by molar-refractivity contribution is 6.30. The standard InChI is InChI=1S/C19H23ClN2O/c1-3-4-5-16-18(13-6-8-14(20)9-7-13)17(19(21)23)12(2)22(16)15-10-11-15/h6-9,15H,3-5,10-11H2,1-2H3,(H2,21,23). The predicted octanol–water partition coefficient (Wildman–Crippen LogP) is 4.89. The number of nitrogens with two attached hydrogens (primary N) is 1. The lowest BCUT2D eigenvalue weighted by Gasteiger charge is -2.12. The fourth-order valence-corrected chi connectivity index (χ4v) is 3.54. The third kappa shape index (κ3) is 3.02. The molecule has 0 bridgehead atoms. The molecule has 0 spiro atoms. The molecule has 1 fully saturated rings. The molecule has 2 N–H and O–H groups in total. The van der Waals surface area contributed by atoms with Gasteiger partial charge >= 0.3 is 0 Å². The van der Waals surface area contributed by atoms with E-state index in [1.165, 1.54) is 18.5 Å². The summed E-state index contributed by atoms with van der Waals surface area (Å²) < 4.78 is 2.36. The molecule has 1 amide bonds. The SMILES string of the molecule is CCCCc1c(-c2ccc(Cl)cc2)c(C(N)=O)c(C)n1C1CC1. The number of carbonyl (C=O) groups is 1. The quantitative estimate of drug-likeness (QED) is 0.805. The lowest BCUT2D eigenvalue weighted by atomic mass is 9.97. The smallest absolute Gasteiger partial charge is 0.251 e. The minimum atomic E-state index is -0.343. The number of rotatable bonds is 6. The lowest BCUT2D eigenvalue weighted by molar-refractivity contribution is 0.1000. The van der Waals surface area contributed by atoms with Gasteiger partial charge in [-0.1, -0.05) is 37.1 Å². The summed E-state index contributed by atoms with van der Waals surface area (Å²) in [6, 6.07) is 8.23. The highest BCUT2D eigenvalue weighted by Gasteiger charge is 2.32. The van der Waals surface area contributed by atoms with E-state index in [0.29, 0.717) is 16.6 Å². The van der Waals surface area contributed by atoms with Gasteiger partial charge < -0.3 is 10.3 Å². The van der Waals surface area contributed by atoms with Gasteiger partial charge in [-0.15, -0.1) is 0 Å². The number of amides is 1. The van der Waals surface area contributed by atoms with Gasteiger partial charge in [0.25, 0.3) is 5.91 Å². The molecule has 4 heteroatoms. The molecule has 0 saturated heterocycles. The topological polar surface area (TPSA) is 48.0 Å². The third-order valence-corrected chi connectivity index (χ3v) is 4.86. The molecule has 1 aliphatic carbocycles. The van der Waals surface area contributed by atoms with E-state index in [2.05, 4.69) is 11.5 Å². The van der Waals surface area contributed by atoms with E-state index in [1.54, 1.807) is 0 Å². The average Bonchev–Trinajstić information content (AvgIpc) is 3.30. The molecule has 1 saturated carbocycles. The lowest BCUT2D eigenvalue weighted by Crippen LogP contribution is -2.13. The van der Waals surface area contributed by atoms with Crippen LogP contribution in [0, 0.1) is 6.92 Å². The van der Waals surface area contributed by atoms with Gasteiger partial charge in [0.1, 0.15) is 0 Å². The van der Waals surface area contributed by atoms with E-state index >= 15 is 0 Å². The number of nitrogens with zero attached hydrogens (tertiary/aromatic N) is 1. The summed E-state index contributed by atoms with van der Waals surface area (Å²) in [5.41, 5.74) is 10.7. The maximum Gasteiger partial charge on any atom is 0.251 e. The number of carbonyl (C=O) groups excluding carboxylic acids is 1. The number of aromatic nitrogens is 1. The number of unbranched alkanes of at least 4 members (excludes halogenated alkanes) is 1. The summed E-state index contributed by atoms with van der Waals surface area (Å²) >= 11 is 6.02. The Balaban J connectivity index is 2.23. The van der Waals surface area contributed by atoms with Crippen LogP contribution in [0.5, 0.6) is 0 Å². The summed E-state index contributed by atoms with van der Waals surface area (Å²) in [5.74, 6) is -0.343. The van der Waals surface area contributed by atoms with Crippen LogP contribution in [0.15, 0.2) is 24.3 Å². The van der Waals surface area contributed by atoms with Crippen LogP contribution in [0.4, 0.5) is 0 Å². The Bertz CT molecular complexity index is 727. The molecule has 3 rings (SSSR count). The highest BCUT2D eigenvalue weighted by atomic mass is 35.5. The monoisotopic (exact) mass is 330 g/mol. The van der Waals surface area contributed by atoms with Crippen LogP contribution < -0.4 is 5.73 Å². The van der Waals surface area contributed by atoms with E-state index in [-0.39, 0.29) is 5.91 Å². The largest absolute Gasteiger partial charge is 0.366 e. The van der Waals surface area contributed by atoms with Gasteiger partial charge in [-0.25, -0.2) is 0 Å².